The molecule has 18 heavy (non-hydrogen) atoms. The van der Waals surface area contributed by atoms with Gasteiger partial charge in [-0.2, -0.15) is 0 Å². The molecule has 1 aromatic heterocycles. The molecule has 0 spiro atoms. The fraction of sp³-hybridized carbons (Fsp3) is 0. The van der Waals surface area contributed by atoms with Gasteiger partial charge in [0.2, 0.25) is 0 Å². The lowest BCUT2D eigenvalue weighted by Gasteiger charge is -2.07. The summed E-state index contributed by atoms with van der Waals surface area (Å²) >= 11 is 3.02. The first-order chi connectivity index (χ1) is 8.58. The van der Waals surface area contributed by atoms with Gasteiger partial charge in [0.05, 0.1) is 4.47 Å². The largest absolute Gasteiger partial charge is 0.437 e. The molecule has 0 fully saturated rings. The maximum Gasteiger partial charge on any atom is 0.272 e. The van der Waals surface area contributed by atoms with Gasteiger partial charge in [0.15, 0.2) is 5.69 Å². The molecule has 0 aliphatic rings. The highest BCUT2D eigenvalue weighted by molar-refractivity contribution is 9.10. The Morgan fingerprint density at radius 2 is 2.06 bits per heavy atom. The highest BCUT2D eigenvalue weighted by atomic mass is 79.9. The van der Waals surface area contributed by atoms with Crippen LogP contribution in [-0.2, 0) is 0 Å². The van der Waals surface area contributed by atoms with Crippen LogP contribution in [0.5, 0.6) is 11.6 Å². The molecule has 0 aliphatic carbocycles. The maximum absolute atomic E-state index is 13.0. The topological polar surface area (TPSA) is 78.1 Å². The minimum absolute atomic E-state index is 0.0245. The van der Waals surface area contributed by atoms with E-state index in [0.29, 0.717) is 5.75 Å². The minimum Gasteiger partial charge on any atom is -0.437 e. The zero-order valence-corrected chi connectivity index (χ0v) is 10.5. The van der Waals surface area contributed by atoms with Crippen LogP contribution in [-0.4, -0.2) is 15.9 Å². The van der Waals surface area contributed by atoms with Gasteiger partial charge >= 0.3 is 0 Å². The summed E-state index contributed by atoms with van der Waals surface area (Å²) in [7, 11) is 0. The van der Waals surface area contributed by atoms with Crippen molar-refractivity contribution >= 4 is 21.8 Å². The van der Waals surface area contributed by atoms with Gasteiger partial charge in [0, 0.05) is 12.4 Å². The van der Waals surface area contributed by atoms with Crippen LogP contribution in [0.4, 0.5) is 4.39 Å². The van der Waals surface area contributed by atoms with Gasteiger partial charge < -0.3 is 10.5 Å². The molecule has 2 N–H and O–H groups in total. The van der Waals surface area contributed by atoms with Gasteiger partial charge in [-0.05, 0) is 34.1 Å². The predicted molar refractivity (Wildman–Crippen MR) is 64.7 cm³/mol. The summed E-state index contributed by atoms with van der Waals surface area (Å²) in [6.07, 6.45) is 2.69. The van der Waals surface area contributed by atoms with Crippen molar-refractivity contribution in [3.05, 3.63) is 46.6 Å². The Morgan fingerprint density at radius 1 is 1.33 bits per heavy atom. The Bertz CT molecular complexity index is 607. The molecule has 0 radical (unpaired) electrons. The molecule has 0 aliphatic heterocycles. The summed E-state index contributed by atoms with van der Waals surface area (Å²) in [6.45, 7) is 0. The van der Waals surface area contributed by atoms with Gasteiger partial charge in [-0.3, -0.25) is 4.79 Å². The van der Waals surface area contributed by atoms with E-state index in [2.05, 4.69) is 25.9 Å². The van der Waals surface area contributed by atoms with Gasteiger partial charge in [-0.1, -0.05) is 0 Å². The van der Waals surface area contributed by atoms with Crippen LogP contribution < -0.4 is 10.5 Å². The third-order valence-electron chi connectivity index (χ3n) is 2.00. The first-order valence-electron chi connectivity index (χ1n) is 4.81. The fourth-order valence-electron chi connectivity index (χ4n) is 1.22. The number of hydrogen-bond donors (Lipinski definition) is 1. The lowest BCUT2D eigenvalue weighted by atomic mass is 10.3. The van der Waals surface area contributed by atoms with Gasteiger partial charge in [-0.25, -0.2) is 14.4 Å². The molecule has 92 valence electrons. The van der Waals surface area contributed by atoms with Crippen LogP contribution >= 0.6 is 15.9 Å². The second-order valence-electron chi connectivity index (χ2n) is 3.25. The van der Waals surface area contributed by atoms with E-state index in [4.69, 9.17) is 10.5 Å². The smallest absolute Gasteiger partial charge is 0.272 e. The number of benzene rings is 1. The lowest BCUT2D eigenvalue weighted by Crippen LogP contribution is -2.14. The Kier molecular flexibility index (Phi) is 3.52. The first kappa shape index (κ1) is 12.4. The average molecular weight is 312 g/mol. The summed E-state index contributed by atoms with van der Waals surface area (Å²) < 4.78 is 18.6. The molecule has 1 aromatic carbocycles. The lowest BCUT2D eigenvalue weighted by molar-refractivity contribution is 0.0992. The van der Waals surface area contributed by atoms with E-state index in [1.54, 1.807) is 0 Å². The van der Waals surface area contributed by atoms with Gasteiger partial charge in [0.1, 0.15) is 11.6 Å². The third-order valence-corrected chi connectivity index (χ3v) is 2.61. The highest BCUT2D eigenvalue weighted by Gasteiger charge is 2.13. The predicted octanol–water partition coefficient (Wildman–Crippen LogP) is 2.27. The number of primary amides is 1. The molecule has 0 atom stereocenters. The molecule has 2 aromatic rings. The van der Waals surface area contributed by atoms with E-state index < -0.39 is 11.7 Å². The summed E-state index contributed by atoms with van der Waals surface area (Å²) in [5, 5.41) is 0. The van der Waals surface area contributed by atoms with Crippen molar-refractivity contribution in [1.82, 2.24) is 9.97 Å². The molecular weight excluding hydrogens is 305 g/mol. The standard InChI is InChI=1S/C11H7BrFN3O2/c12-7-5-6(1-2-8(7)13)18-11-9(10(14)17)15-3-4-16-11/h1-5H,(H2,14,17). The van der Waals surface area contributed by atoms with E-state index in [0.717, 1.165) is 0 Å². The summed E-state index contributed by atoms with van der Waals surface area (Å²) in [6, 6.07) is 4.04. The van der Waals surface area contributed by atoms with Crippen LogP contribution in [0.1, 0.15) is 10.5 Å². The molecular formula is C11H7BrFN3O2. The molecule has 5 nitrogen and oxygen atoms in total. The second kappa shape index (κ2) is 5.09. The van der Waals surface area contributed by atoms with Crippen molar-refractivity contribution in [3.63, 3.8) is 0 Å². The molecule has 2 rings (SSSR count). The number of carbonyl (C=O) groups is 1. The van der Waals surface area contributed by atoms with Crippen LogP contribution in [0.25, 0.3) is 0 Å². The minimum atomic E-state index is -0.751. The number of aromatic nitrogens is 2. The Morgan fingerprint density at radius 3 is 2.72 bits per heavy atom. The number of hydrogen-bond acceptors (Lipinski definition) is 4. The van der Waals surface area contributed by atoms with Crippen molar-refractivity contribution in [1.29, 1.82) is 0 Å². The van der Waals surface area contributed by atoms with Gasteiger partial charge in [-0.15, -0.1) is 0 Å². The molecule has 7 heteroatoms. The fourth-order valence-corrected chi connectivity index (χ4v) is 1.58. The van der Waals surface area contributed by atoms with Crippen molar-refractivity contribution in [2.24, 2.45) is 5.73 Å². The number of halogens is 2. The first-order valence-corrected chi connectivity index (χ1v) is 5.61. The molecule has 0 unspecified atom stereocenters. The molecule has 0 bridgehead atoms. The van der Waals surface area contributed by atoms with E-state index in [1.165, 1.54) is 30.6 Å². The second-order valence-corrected chi connectivity index (χ2v) is 4.11. The van der Waals surface area contributed by atoms with E-state index in [-0.39, 0.29) is 16.0 Å². The highest BCUT2D eigenvalue weighted by Crippen LogP contribution is 2.26. The number of nitrogens with two attached hydrogens (primary N) is 1. The van der Waals surface area contributed by atoms with E-state index >= 15 is 0 Å². The average Bonchev–Trinajstić information content (AvgIpc) is 2.34. The SMILES string of the molecule is NC(=O)c1nccnc1Oc1ccc(F)c(Br)c1. The Labute approximate surface area is 110 Å². The Hall–Kier alpha value is -2.02. The van der Waals surface area contributed by atoms with E-state index in [9.17, 15) is 9.18 Å². The van der Waals surface area contributed by atoms with Crippen molar-refractivity contribution in [2.75, 3.05) is 0 Å². The third kappa shape index (κ3) is 2.62. The molecule has 0 saturated heterocycles. The quantitative estimate of drug-likeness (QED) is 0.943. The Balaban J connectivity index is 2.34. The molecule has 1 heterocycles. The van der Waals surface area contributed by atoms with Crippen LogP contribution in [0.3, 0.4) is 0 Å². The van der Waals surface area contributed by atoms with Crippen molar-refractivity contribution in [2.45, 2.75) is 0 Å². The number of carbonyl (C=O) groups excluding carboxylic acids is 1. The summed E-state index contributed by atoms with van der Waals surface area (Å²) in [5.74, 6) is -0.884. The zero-order chi connectivity index (χ0) is 13.1. The number of ether oxygens (including phenoxy) is 1. The van der Waals surface area contributed by atoms with Crippen LogP contribution in [0.2, 0.25) is 0 Å². The number of nitrogens with zero attached hydrogens (tertiary/aromatic N) is 2. The number of rotatable bonds is 3. The molecule has 0 saturated carbocycles. The monoisotopic (exact) mass is 311 g/mol. The van der Waals surface area contributed by atoms with Crippen LogP contribution in [0, 0.1) is 5.82 Å². The molecule has 1 amide bonds. The number of amides is 1. The van der Waals surface area contributed by atoms with Crippen molar-refractivity contribution < 1.29 is 13.9 Å². The summed E-state index contributed by atoms with van der Waals surface area (Å²) in [4.78, 5) is 18.7. The maximum atomic E-state index is 13.0. The van der Waals surface area contributed by atoms with Gasteiger partial charge in [0.25, 0.3) is 11.8 Å². The zero-order valence-electron chi connectivity index (χ0n) is 8.93. The van der Waals surface area contributed by atoms with E-state index in [1.807, 2.05) is 0 Å². The van der Waals surface area contributed by atoms with Crippen molar-refractivity contribution in [3.8, 4) is 11.6 Å². The normalized spacial score (nSPS) is 10.1. The summed E-state index contributed by atoms with van der Waals surface area (Å²) in [5.41, 5.74) is 5.05. The van der Waals surface area contributed by atoms with Crippen LogP contribution in [0.15, 0.2) is 35.1 Å².